The van der Waals surface area contributed by atoms with Crippen LogP contribution in [0.2, 0.25) is 0 Å². The fraction of sp³-hybridized carbons (Fsp3) is 0.207. The van der Waals surface area contributed by atoms with Gasteiger partial charge in [-0.05, 0) is 34.4 Å². The predicted molar refractivity (Wildman–Crippen MR) is 142 cm³/mol. The predicted octanol–water partition coefficient (Wildman–Crippen LogP) is 5.42. The van der Waals surface area contributed by atoms with Crippen LogP contribution in [0.5, 0.6) is 0 Å². The van der Waals surface area contributed by atoms with Crippen LogP contribution in [0.25, 0.3) is 28.8 Å². The summed E-state index contributed by atoms with van der Waals surface area (Å²) in [5.74, 6) is -2.01. The normalized spacial score (nSPS) is 19.4. The average molecular weight is 510 g/mol. The lowest BCUT2D eigenvalue weighted by Crippen LogP contribution is -2.55. The van der Waals surface area contributed by atoms with E-state index in [1.165, 1.54) is 0 Å². The number of aryl methyl sites for hydroxylation is 1. The van der Waals surface area contributed by atoms with E-state index >= 15 is 0 Å². The number of nitrogens with two attached hydrogens (primary N) is 1. The number of anilines is 1. The molecule has 1 fully saturated rings. The van der Waals surface area contributed by atoms with Gasteiger partial charge in [0.1, 0.15) is 5.69 Å². The number of nitrogens with zero attached hydrogens (tertiary/aromatic N) is 5. The van der Waals surface area contributed by atoms with Crippen molar-refractivity contribution in [2.24, 2.45) is 12.8 Å². The first kappa shape index (κ1) is 22.8. The summed E-state index contributed by atoms with van der Waals surface area (Å²) in [6, 6.07) is 19.8. The molecule has 3 N–H and O–H groups in total. The monoisotopic (exact) mass is 509 g/mol. The number of benzene rings is 2. The van der Waals surface area contributed by atoms with Crippen LogP contribution >= 0.6 is 0 Å². The molecule has 9 heteroatoms. The summed E-state index contributed by atoms with van der Waals surface area (Å²) in [6.45, 7) is 0. The third-order valence-corrected chi connectivity index (χ3v) is 7.54. The molecule has 0 amide bonds. The zero-order valence-corrected chi connectivity index (χ0v) is 20.6. The highest BCUT2D eigenvalue weighted by atomic mass is 19.3. The first-order valence-corrected chi connectivity index (χ1v) is 12.5. The summed E-state index contributed by atoms with van der Waals surface area (Å²) >= 11 is 0. The highest BCUT2D eigenvalue weighted by Gasteiger charge is 2.55. The van der Waals surface area contributed by atoms with E-state index in [0.29, 0.717) is 5.82 Å². The second kappa shape index (κ2) is 8.06. The Hall–Kier alpha value is -4.37. The molecule has 1 unspecified atom stereocenters. The lowest BCUT2D eigenvalue weighted by atomic mass is 9.69. The minimum absolute atomic E-state index is 0.156. The molecule has 1 aliphatic heterocycles. The van der Waals surface area contributed by atoms with Crippen molar-refractivity contribution in [2.45, 2.75) is 30.3 Å². The lowest BCUT2D eigenvalue weighted by molar-refractivity contribution is -0.125. The quantitative estimate of drug-likeness (QED) is 0.338. The molecule has 1 atom stereocenters. The van der Waals surface area contributed by atoms with Crippen molar-refractivity contribution < 1.29 is 8.78 Å². The third kappa shape index (κ3) is 3.61. The van der Waals surface area contributed by atoms with Gasteiger partial charge >= 0.3 is 0 Å². The van der Waals surface area contributed by atoms with Crippen molar-refractivity contribution in [3.63, 3.8) is 0 Å². The van der Waals surface area contributed by atoms with Crippen molar-refractivity contribution in [1.29, 1.82) is 0 Å². The number of hydrogen-bond acceptors (Lipinski definition) is 5. The van der Waals surface area contributed by atoms with E-state index in [-0.39, 0.29) is 18.9 Å². The molecule has 3 aromatic heterocycles. The zero-order valence-electron chi connectivity index (χ0n) is 20.6. The highest BCUT2D eigenvalue weighted by Crippen LogP contribution is 2.50. The maximum Gasteiger partial charge on any atom is 0.252 e. The Balaban J connectivity index is 1.31. The van der Waals surface area contributed by atoms with Crippen LogP contribution in [0.3, 0.4) is 0 Å². The molecule has 0 radical (unpaired) electrons. The van der Waals surface area contributed by atoms with E-state index < -0.39 is 11.5 Å². The van der Waals surface area contributed by atoms with Gasteiger partial charge in [0, 0.05) is 43.5 Å². The van der Waals surface area contributed by atoms with Crippen LogP contribution in [-0.2, 0) is 12.6 Å². The van der Waals surface area contributed by atoms with Gasteiger partial charge in [0.05, 0.1) is 17.9 Å². The number of alkyl halides is 2. The van der Waals surface area contributed by atoms with Crippen molar-refractivity contribution in [2.75, 3.05) is 5.32 Å². The van der Waals surface area contributed by atoms with Crippen molar-refractivity contribution in [3.05, 3.63) is 102 Å². The van der Waals surface area contributed by atoms with E-state index in [9.17, 15) is 8.78 Å². The standard InChI is InChI=1S/C29H25F2N7/c1-37-14-24(33-17-37)27-36-35-26-22-13-21(18-5-3-2-4-6-18)25(34-23(22)11-12-38(26)27)19-7-9-20(10-8-19)28(32)15-29(30,31)16-28/h2-14,17,25,34H,15-16,32H2,1H3. The van der Waals surface area contributed by atoms with Gasteiger partial charge < -0.3 is 15.6 Å². The fourth-order valence-electron chi connectivity index (χ4n) is 5.65. The Kier molecular flexibility index (Phi) is 4.84. The van der Waals surface area contributed by atoms with Crippen molar-refractivity contribution in [1.82, 2.24) is 24.1 Å². The molecule has 1 aliphatic carbocycles. The second-order valence-corrected chi connectivity index (χ2v) is 10.3. The molecule has 0 spiro atoms. The molecular formula is C29H25F2N7. The number of aromatic nitrogens is 5. The Bertz CT molecular complexity index is 1690. The number of imidazole rings is 1. The Morgan fingerprint density at radius 2 is 1.76 bits per heavy atom. The van der Waals surface area contributed by atoms with Gasteiger partial charge in [-0.1, -0.05) is 54.6 Å². The molecule has 38 heavy (non-hydrogen) atoms. The molecule has 5 aromatic rings. The average Bonchev–Trinajstić information content (AvgIpc) is 3.53. The lowest BCUT2D eigenvalue weighted by Gasteiger charge is -2.45. The van der Waals surface area contributed by atoms with Crippen LogP contribution in [0.4, 0.5) is 14.5 Å². The number of hydrogen-bond donors (Lipinski definition) is 2. The van der Waals surface area contributed by atoms with Crippen LogP contribution < -0.4 is 11.1 Å². The summed E-state index contributed by atoms with van der Waals surface area (Å²) in [7, 11) is 1.92. The minimum Gasteiger partial charge on any atom is -0.373 e. The van der Waals surface area contributed by atoms with Gasteiger partial charge in [-0.3, -0.25) is 4.40 Å². The van der Waals surface area contributed by atoms with Gasteiger partial charge in [-0.15, -0.1) is 10.2 Å². The van der Waals surface area contributed by atoms with Gasteiger partial charge in [-0.25, -0.2) is 13.8 Å². The van der Waals surface area contributed by atoms with E-state index in [1.807, 2.05) is 76.9 Å². The minimum atomic E-state index is -2.69. The highest BCUT2D eigenvalue weighted by molar-refractivity contribution is 5.96. The van der Waals surface area contributed by atoms with Crippen LogP contribution in [0.15, 0.2) is 79.4 Å². The van der Waals surface area contributed by atoms with Crippen LogP contribution in [0.1, 0.15) is 41.1 Å². The molecule has 190 valence electrons. The Morgan fingerprint density at radius 3 is 2.45 bits per heavy atom. The SMILES string of the molecule is Cn1cnc(-c2nnc3c4c(ccn23)NC(c2ccc(C3(N)CC(F)(F)C3)cc2)C(c2ccccc2)=C4)c1. The second-order valence-electron chi connectivity index (χ2n) is 10.3. The van der Waals surface area contributed by atoms with E-state index in [1.54, 1.807) is 6.33 Å². The van der Waals surface area contributed by atoms with E-state index in [4.69, 9.17) is 5.73 Å². The summed E-state index contributed by atoms with van der Waals surface area (Å²) in [5, 5.41) is 12.6. The summed E-state index contributed by atoms with van der Waals surface area (Å²) in [5.41, 5.74) is 12.5. The molecule has 1 saturated carbocycles. The van der Waals surface area contributed by atoms with Gasteiger partial charge in [0.2, 0.25) is 0 Å². The number of nitrogens with one attached hydrogen (secondary N) is 1. The number of halogens is 2. The molecular weight excluding hydrogens is 484 g/mol. The molecule has 7 rings (SSSR count). The molecule has 0 saturated heterocycles. The maximum atomic E-state index is 13.6. The van der Waals surface area contributed by atoms with E-state index in [2.05, 4.69) is 38.7 Å². The van der Waals surface area contributed by atoms with Crippen molar-refractivity contribution >= 4 is 23.0 Å². The van der Waals surface area contributed by atoms with Crippen molar-refractivity contribution in [3.8, 4) is 11.5 Å². The topological polar surface area (TPSA) is 86.1 Å². The molecule has 4 heterocycles. The molecule has 0 bridgehead atoms. The molecule has 2 aromatic carbocycles. The first-order chi connectivity index (χ1) is 18.3. The number of rotatable bonds is 4. The van der Waals surface area contributed by atoms with Gasteiger partial charge in [0.25, 0.3) is 5.92 Å². The summed E-state index contributed by atoms with van der Waals surface area (Å²) in [6.07, 6.45) is 7.11. The number of pyridine rings is 1. The van der Waals surface area contributed by atoms with Gasteiger partial charge in [0.15, 0.2) is 11.5 Å². The first-order valence-electron chi connectivity index (χ1n) is 12.5. The van der Waals surface area contributed by atoms with Crippen LogP contribution in [0, 0.1) is 0 Å². The van der Waals surface area contributed by atoms with E-state index in [0.717, 1.165) is 44.9 Å². The Labute approximate surface area is 217 Å². The smallest absolute Gasteiger partial charge is 0.252 e. The number of fused-ring (bicyclic) bond motifs is 3. The molecule has 7 nitrogen and oxygen atoms in total. The zero-order chi connectivity index (χ0) is 26.1. The van der Waals surface area contributed by atoms with Gasteiger partial charge in [-0.2, -0.15) is 0 Å². The van der Waals surface area contributed by atoms with Crippen LogP contribution in [-0.4, -0.2) is 30.1 Å². The fourth-order valence-corrected chi connectivity index (χ4v) is 5.65. The Morgan fingerprint density at radius 1 is 1.00 bits per heavy atom. The molecule has 2 aliphatic rings. The maximum absolute atomic E-state index is 13.6. The third-order valence-electron chi connectivity index (χ3n) is 7.54. The summed E-state index contributed by atoms with van der Waals surface area (Å²) < 4.78 is 31.0. The largest absolute Gasteiger partial charge is 0.373 e. The summed E-state index contributed by atoms with van der Waals surface area (Å²) in [4.78, 5) is 4.44.